The van der Waals surface area contributed by atoms with Gasteiger partial charge in [0.2, 0.25) is 0 Å². The van der Waals surface area contributed by atoms with Gasteiger partial charge < -0.3 is 19.7 Å². The number of aromatic nitrogens is 1. The predicted molar refractivity (Wildman–Crippen MR) is 129 cm³/mol. The van der Waals surface area contributed by atoms with Crippen molar-refractivity contribution in [2.75, 3.05) is 0 Å². The van der Waals surface area contributed by atoms with Crippen LogP contribution in [-0.2, 0) is 0 Å². The van der Waals surface area contributed by atoms with Crippen molar-refractivity contribution in [2.24, 2.45) is 23.2 Å². The van der Waals surface area contributed by atoms with Crippen LogP contribution in [0.25, 0.3) is 0 Å². The van der Waals surface area contributed by atoms with E-state index in [9.17, 15) is 15.3 Å². The summed E-state index contributed by atoms with van der Waals surface area (Å²) in [7, 11) is 0. The van der Waals surface area contributed by atoms with E-state index < -0.39 is 18.3 Å². The van der Waals surface area contributed by atoms with Crippen LogP contribution in [0.3, 0.4) is 0 Å². The monoisotopic (exact) mass is 455 g/mol. The molecule has 3 saturated carbocycles. The van der Waals surface area contributed by atoms with E-state index in [0.29, 0.717) is 41.7 Å². The molecule has 182 valence electrons. The zero-order chi connectivity index (χ0) is 23.6. The van der Waals surface area contributed by atoms with Crippen LogP contribution in [0.4, 0.5) is 0 Å². The number of rotatable bonds is 7. The van der Waals surface area contributed by atoms with Gasteiger partial charge in [0.25, 0.3) is 0 Å². The SMILES string of the molecule is C=C1/C(=C\C=C2/CCC[C@]3(C)[C@@H]([C@H](C)CCC[C@H](O)c4cocn4)CC[C@@H]23)C[C@@H](O)C[C@@H]1O. The lowest BCUT2D eigenvalue weighted by atomic mass is 9.60. The molecule has 7 atom stereocenters. The van der Waals surface area contributed by atoms with Crippen LogP contribution < -0.4 is 0 Å². The van der Waals surface area contributed by atoms with Crippen LogP contribution in [-0.4, -0.2) is 32.5 Å². The maximum absolute atomic E-state index is 10.3. The third kappa shape index (κ3) is 5.21. The highest BCUT2D eigenvalue weighted by Crippen LogP contribution is 2.60. The molecular weight excluding hydrogens is 414 g/mol. The zero-order valence-corrected chi connectivity index (χ0v) is 20.2. The summed E-state index contributed by atoms with van der Waals surface area (Å²) in [6.07, 6.45) is 15.7. The molecule has 0 bridgehead atoms. The second-order valence-electron chi connectivity index (χ2n) is 11.0. The van der Waals surface area contributed by atoms with Gasteiger partial charge in [0.05, 0.1) is 18.3 Å². The number of fused-ring (bicyclic) bond motifs is 1. The van der Waals surface area contributed by atoms with Crippen LogP contribution in [0.1, 0.15) is 89.9 Å². The fraction of sp³-hybridized carbons (Fsp3) is 0.679. The zero-order valence-electron chi connectivity index (χ0n) is 20.2. The van der Waals surface area contributed by atoms with E-state index in [1.165, 1.54) is 43.9 Å². The lowest BCUT2D eigenvalue weighted by Crippen LogP contribution is -2.36. The highest BCUT2D eigenvalue weighted by atomic mass is 16.3. The minimum Gasteiger partial charge on any atom is -0.451 e. The first-order chi connectivity index (χ1) is 15.8. The molecule has 0 radical (unpaired) electrons. The second-order valence-corrected chi connectivity index (χ2v) is 11.0. The fourth-order valence-electron chi connectivity index (χ4n) is 7.05. The lowest BCUT2D eigenvalue weighted by molar-refractivity contribution is 0.0860. The second kappa shape index (κ2) is 10.3. The first-order valence-corrected chi connectivity index (χ1v) is 12.8. The van der Waals surface area contributed by atoms with E-state index >= 15 is 0 Å². The fourth-order valence-corrected chi connectivity index (χ4v) is 7.05. The third-order valence-electron chi connectivity index (χ3n) is 8.92. The summed E-state index contributed by atoms with van der Waals surface area (Å²) < 4.78 is 4.99. The molecule has 0 saturated heterocycles. The van der Waals surface area contributed by atoms with Crippen molar-refractivity contribution in [1.29, 1.82) is 0 Å². The summed E-state index contributed by atoms with van der Waals surface area (Å²) in [6, 6.07) is 0. The van der Waals surface area contributed by atoms with Crippen molar-refractivity contribution in [1.82, 2.24) is 4.98 Å². The van der Waals surface area contributed by atoms with Crippen molar-refractivity contribution in [2.45, 2.75) is 96.4 Å². The molecule has 0 aromatic carbocycles. The maximum Gasteiger partial charge on any atom is 0.180 e. The number of aliphatic hydroxyl groups is 3. The van der Waals surface area contributed by atoms with Gasteiger partial charge in [-0.05, 0) is 79.3 Å². The average Bonchev–Trinajstić information content (AvgIpc) is 3.43. The summed E-state index contributed by atoms with van der Waals surface area (Å²) >= 11 is 0. The number of oxazole rings is 1. The van der Waals surface area contributed by atoms with Gasteiger partial charge in [-0.3, -0.25) is 0 Å². The number of allylic oxidation sites excluding steroid dienone is 3. The Kier molecular flexibility index (Phi) is 7.62. The number of hydrogen-bond donors (Lipinski definition) is 3. The minimum atomic E-state index is -0.630. The third-order valence-corrected chi connectivity index (χ3v) is 8.92. The molecule has 4 rings (SSSR count). The molecule has 0 aliphatic heterocycles. The molecule has 1 heterocycles. The Bertz CT molecular complexity index is 872. The molecular formula is C28H41NO4. The number of hydrogen-bond acceptors (Lipinski definition) is 5. The van der Waals surface area contributed by atoms with E-state index in [1.54, 1.807) is 0 Å². The molecule has 5 nitrogen and oxygen atoms in total. The molecule has 33 heavy (non-hydrogen) atoms. The van der Waals surface area contributed by atoms with Gasteiger partial charge >= 0.3 is 0 Å². The number of aliphatic hydroxyl groups excluding tert-OH is 3. The summed E-state index contributed by atoms with van der Waals surface area (Å²) in [4.78, 5) is 4.07. The van der Waals surface area contributed by atoms with Crippen molar-refractivity contribution in [3.05, 3.63) is 53.8 Å². The largest absolute Gasteiger partial charge is 0.451 e. The quantitative estimate of drug-likeness (QED) is 0.494. The molecule has 5 heteroatoms. The van der Waals surface area contributed by atoms with Crippen molar-refractivity contribution in [3.63, 3.8) is 0 Å². The Morgan fingerprint density at radius 2 is 2.09 bits per heavy atom. The molecule has 3 aliphatic carbocycles. The van der Waals surface area contributed by atoms with Crippen LogP contribution in [0.2, 0.25) is 0 Å². The summed E-state index contributed by atoms with van der Waals surface area (Å²) in [5.41, 5.74) is 4.26. The van der Waals surface area contributed by atoms with Crippen LogP contribution >= 0.6 is 0 Å². The van der Waals surface area contributed by atoms with E-state index in [1.807, 2.05) is 0 Å². The van der Waals surface area contributed by atoms with Crippen molar-refractivity contribution in [3.8, 4) is 0 Å². The molecule has 0 unspecified atom stereocenters. The molecule has 0 amide bonds. The van der Waals surface area contributed by atoms with Gasteiger partial charge in [0.1, 0.15) is 12.0 Å². The van der Waals surface area contributed by atoms with Gasteiger partial charge in [0, 0.05) is 6.42 Å². The van der Waals surface area contributed by atoms with Gasteiger partial charge in [-0.25, -0.2) is 4.98 Å². The standard InChI is InChI=1S/C28H41NO4/c1-18(6-4-8-26(31)25-16-33-17-29-25)23-11-12-24-20(7-5-13-28(23,24)3)9-10-21-14-22(30)15-27(32)19(21)2/h9-10,16-18,22-24,26-27,30-32H,2,4-8,11-15H2,1,3H3/b20-9+,21-10-/t18-,22-,23-,24+,26+,27+,28-/m1/s1. The maximum atomic E-state index is 10.3. The number of nitrogens with zero attached hydrogens (tertiary/aromatic N) is 1. The van der Waals surface area contributed by atoms with Crippen LogP contribution in [0.5, 0.6) is 0 Å². The Morgan fingerprint density at radius 1 is 1.27 bits per heavy atom. The predicted octanol–water partition coefficient (Wildman–Crippen LogP) is 5.66. The normalized spacial score (nSPS) is 36.8. The molecule has 3 N–H and O–H groups in total. The molecule has 1 aromatic rings. The first-order valence-electron chi connectivity index (χ1n) is 12.8. The van der Waals surface area contributed by atoms with Crippen LogP contribution in [0.15, 0.2) is 52.5 Å². The Hall–Kier alpha value is -1.69. The highest BCUT2D eigenvalue weighted by molar-refractivity contribution is 5.38. The van der Waals surface area contributed by atoms with Gasteiger partial charge in [-0.2, -0.15) is 0 Å². The highest BCUT2D eigenvalue weighted by Gasteiger charge is 2.50. The minimum absolute atomic E-state index is 0.329. The van der Waals surface area contributed by atoms with E-state index in [4.69, 9.17) is 4.42 Å². The van der Waals surface area contributed by atoms with E-state index in [0.717, 1.165) is 36.8 Å². The molecule has 3 fully saturated rings. The van der Waals surface area contributed by atoms with E-state index in [-0.39, 0.29) is 0 Å². The molecule has 0 spiro atoms. The Balaban J connectivity index is 1.39. The summed E-state index contributed by atoms with van der Waals surface area (Å²) in [5.74, 6) is 1.95. The van der Waals surface area contributed by atoms with Crippen molar-refractivity contribution < 1.29 is 19.7 Å². The Labute approximate surface area is 198 Å². The van der Waals surface area contributed by atoms with Crippen molar-refractivity contribution >= 4 is 0 Å². The molecule has 1 aromatic heterocycles. The van der Waals surface area contributed by atoms with Gasteiger partial charge in [0.15, 0.2) is 6.39 Å². The van der Waals surface area contributed by atoms with E-state index in [2.05, 4.69) is 37.6 Å². The average molecular weight is 456 g/mol. The first kappa shape index (κ1) is 24.4. The lowest BCUT2D eigenvalue weighted by Gasteiger charge is -2.44. The summed E-state index contributed by atoms with van der Waals surface area (Å²) in [6.45, 7) is 8.96. The smallest absolute Gasteiger partial charge is 0.180 e. The summed E-state index contributed by atoms with van der Waals surface area (Å²) in [5, 5.41) is 30.5. The van der Waals surface area contributed by atoms with Gasteiger partial charge in [-0.15, -0.1) is 0 Å². The molecule has 3 aliphatic rings. The Morgan fingerprint density at radius 3 is 2.85 bits per heavy atom. The topological polar surface area (TPSA) is 86.7 Å². The van der Waals surface area contributed by atoms with Crippen LogP contribution in [0, 0.1) is 23.2 Å². The van der Waals surface area contributed by atoms with Gasteiger partial charge in [-0.1, -0.05) is 51.0 Å².